The van der Waals surface area contributed by atoms with E-state index in [1.54, 1.807) is 0 Å². The third-order valence-electron chi connectivity index (χ3n) is 3.93. The summed E-state index contributed by atoms with van der Waals surface area (Å²) >= 11 is 6.32. The first-order chi connectivity index (χ1) is 9.60. The minimum absolute atomic E-state index is 0.666. The Morgan fingerprint density at radius 2 is 1.85 bits per heavy atom. The lowest BCUT2D eigenvalue weighted by Gasteiger charge is -2.31. The van der Waals surface area contributed by atoms with Crippen molar-refractivity contribution in [3.05, 3.63) is 64.2 Å². The SMILES string of the molecule is CC(N)(c1ccccc1Cl)c1cccc2c1OCCC2. The van der Waals surface area contributed by atoms with Crippen LogP contribution in [-0.4, -0.2) is 6.61 Å². The summed E-state index contributed by atoms with van der Waals surface area (Å²) in [5.41, 5.74) is 9.11. The number of rotatable bonds is 2. The summed E-state index contributed by atoms with van der Waals surface area (Å²) in [6.07, 6.45) is 2.10. The monoisotopic (exact) mass is 287 g/mol. The average Bonchev–Trinajstić information content (AvgIpc) is 2.47. The van der Waals surface area contributed by atoms with Crippen LogP contribution < -0.4 is 10.5 Å². The quantitative estimate of drug-likeness (QED) is 0.909. The first kappa shape index (κ1) is 13.5. The molecule has 1 atom stereocenters. The Morgan fingerprint density at radius 3 is 2.65 bits per heavy atom. The summed E-state index contributed by atoms with van der Waals surface area (Å²) in [6, 6.07) is 13.9. The normalized spacial score (nSPS) is 16.9. The van der Waals surface area contributed by atoms with Gasteiger partial charge in [0.15, 0.2) is 0 Å². The van der Waals surface area contributed by atoms with Gasteiger partial charge in [0.1, 0.15) is 5.75 Å². The highest BCUT2D eigenvalue weighted by Gasteiger charge is 2.31. The number of nitrogens with two attached hydrogens (primary N) is 1. The molecule has 1 unspecified atom stereocenters. The van der Waals surface area contributed by atoms with Gasteiger partial charge in [-0.05, 0) is 37.0 Å². The number of aryl methyl sites for hydroxylation is 1. The van der Waals surface area contributed by atoms with Gasteiger partial charge in [-0.1, -0.05) is 48.0 Å². The summed E-state index contributed by atoms with van der Waals surface area (Å²) in [6.45, 7) is 2.74. The molecule has 3 heteroatoms. The molecule has 20 heavy (non-hydrogen) atoms. The largest absolute Gasteiger partial charge is 0.493 e. The average molecular weight is 288 g/mol. The van der Waals surface area contributed by atoms with Crippen molar-refractivity contribution in [2.75, 3.05) is 6.61 Å². The van der Waals surface area contributed by atoms with E-state index in [0.717, 1.165) is 36.3 Å². The van der Waals surface area contributed by atoms with E-state index in [4.69, 9.17) is 22.1 Å². The highest BCUT2D eigenvalue weighted by molar-refractivity contribution is 6.31. The second-order valence-electron chi connectivity index (χ2n) is 5.43. The lowest BCUT2D eigenvalue weighted by atomic mass is 9.83. The van der Waals surface area contributed by atoms with E-state index in [-0.39, 0.29) is 0 Å². The number of benzene rings is 2. The molecule has 0 radical (unpaired) electrons. The van der Waals surface area contributed by atoms with Gasteiger partial charge < -0.3 is 10.5 Å². The predicted molar refractivity (Wildman–Crippen MR) is 82.4 cm³/mol. The number of para-hydroxylation sites is 1. The molecule has 0 bridgehead atoms. The van der Waals surface area contributed by atoms with E-state index in [0.29, 0.717) is 5.02 Å². The second kappa shape index (κ2) is 5.12. The van der Waals surface area contributed by atoms with Crippen molar-refractivity contribution < 1.29 is 4.74 Å². The lowest BCUT2D eigenvalue weighted by molar-refractivity contribution is 0.280. The molecular weight excluding hydrogens is 270 g/mol. The van der Waals surface area contributed by atoms with Gasteiger partial charge in [0, 0.05) is 10.6 Å². The lowest BCUT2D eigenvalue weighted by Crippen LogP contribution is -2.35. The molecule has 0 fully saturated rings. The van der Waals surface area contributed by atoms with Crippen LogP contribution >= 0.6 is 11.6 Å². The number of ether oxygens (including phenoxy) is 1. The maximum Gasteiger partial charge on any atom is 0.127 e. The predicted octanol–water partition coefficient (Wildman–Crippen LogP) is 3.89. The fraction of sp³-hybridized carbons (Fsp3) is 0.294. The van der Waals surface area contributed by atoms with Crippen molar-refractivity contribution in [2.45, 2.75) is 25.3 Å². The topological polar surface area (TPSA) is 35.2 Å². The fourth-order valence-corrected chi connectivity index (χ4v) is 3.16. The molecule has 3 rings (SSSR count). The zero-order valence-electron chi connectivity index (χ0n) is 11.5. The molecule has 2 aromatic carbocycles. The maximum absolute atomic E-state index is 6.62. The van der Waals surface area contributed by atoms with E-state index in [1.165, 1.54) is 5.56 Å². The van der Waals surface area contributed by atoms with Crippen molar-refractivity contribution in [1.82, 2.24) is 0 Å². The van der Waals surface area contributed by atoms with Crippen LogP contribution in [0.1, 0.15) is 30.0 Å². The van der Waals surface area contributed by atoms with E-state index in [2.05, 4.69) is 6.07 Å². The van der Waals surface area contributed by atoms with Crippen molar-refractivity contribution in [2.24, 2.45) is 5.73 Å². The van der Waals surface area contributed by atoms with Gasteiger partial charge in [-0.2, -0.15) is 0 Å². The number of fused-ring (bicyclic) bond motifs is 1. The number of halogens is 1. The van der Waals surface area contributed by atoms with Crippen LogP contribution in [0.15, 0.2) is 42.5 Å². The molecule has 0 amide bonds. The smallest absolute Gasteiger partial charge is 0.127 e. The van der Waals surface area contributed by atoms with Crippen LogP contribution in [0.4, 0.5) is 0 Å². The minimum atomic E-state index is -0.666. The molecule has 0 aliphatic carbocycles. The molecule has 104 valence electrons. The van der Waals surface area contributed by atoms with E-state index in [1.807, 2.05) is 43.3 Å². The molecule has 2 aromatic rings. The van der Waals surface area contributed by atoms with Gasteiger partial charge >= 0.3 is 0 Å². The van der Waals surface area contributed by atoms with Crippen LogP contribution in [0, 0.1) is 0 Å². The summed E-state index contributed by atoms with van der Waals surface area (Å²) < 4.78 is 5.88. The highest BCUT2D eigenvalue weighted by atomic mass is 35.5. The van der Waals surface area contributed by atoms with Gasteiger partial charge in [-0.25, -0.2) is 0 Å². The Morgan fingerprint density at radius 1 is 1.10 bits per heavy atom. The summed E-state index contributed by atoms with van der Waals surface area (Å²) in [7, 11) is 0. The molecule has 1 heterocycles. The van der Waals surface area contributed by atoms with Crippen molar-refractivity contribution in [3.63, 3.8) is 0 Å². The third-order valence-corrected chi connectivity index (χ3v) is 4.26. The third kappa shape index (κ3) is 2.19. The van der Waals surface area contributed by atoms with Gasteiger partial charge in [0.05, 0.1) is 12.1 Å². The van der Waals surface area contributed by atoms with Crippen LogP contribution in [0.25, 0.3) is 0 Å². The zero-order chi connectivity index (χ0) is 14.2. The molecule has 2 N–H and O–H groups in total. The summed E-state index contributed by atoms with van der Waals surface area (Å²) in [5.74, 6) is 0.934. The fourth-order valence-electron chi connectivity index (χ4n) is 2.83. The maximum atomic E-state index is 6.62. The van der Waals surface area contributed by atoms with Crippen molar-refractivity contribution in [3.8, 4) is 5.75 Å². The molecule has 1 aliphatic rings. The van der Waals surface area contributed by atoms with Crippen LogP contribution in [0.5, 0.6) is 5.75 Å². The molecule has 0 saturated heterocycles. The standard InChI is InChI=1S/C17H18ClNO/c1-17(19,13-8-2-3-10-15(13)18)14-9-4-6-12-7-5-11-20-16(12)14/h2-4,6,8-10H,5,7,11,19H2,1H3. The molecular formula is C17H18ClNO. The Labute approximate surface area is 124 Å². The molecule has 0 aromatic heterocycles. The second-order valence-corrected chi connectivity index (χ2v) is 5.84. The van der Waals surface area contributed by atoms with Crippen molar-refractivity contribution >= 4 is 11.6 Å². The Bertz CT molecular complexity index is 637. The van der Waals surface area contributed by atoms with Crippen LogP contribution in [0.2, 0.25) is 5.02 Å². The van der Waals surface area contributed by atoms with Crippen LogP contribution in [-0.2, 0) is 12.0 Å². The number of hydrogen-bond acceptors (Lipinski definition) is 2. The highest BCUT2D eigenvalue weighted by Crippen LogP contribution is 2.39. The van der Waals surface area contributed by atoms with E-state index in [9.17, 15) is 0 Å². The first-order valence-electron chi connectivity index (χ1n) is 6.90. The summed E-state index contributed by atoms with van der Waals surface area (Å²) in [4.78, 5) is 0. The Hall–Kier alpha value is -1.51. The zero-order valence-corrected chi connectivity index (χ0v) is 12.3. The minimum Gasteiger partial charge on any atom is -0.493 e. The first-order valence-corrected chi connectivity index (χ1v) is 7.27. The van der Waals surface area contributed by atoms with Crippen molar-refractivity contribution in [1.29, 1.82) is 0 Å². The van der Waals surface area contributed by atoms with E-state index < -0.39 is 5.54 Å². The van der Waals surface area contributed by atoms with Gasteiger partial charge in [-0.3, -0.25) is 0 Å². The van der Waals surface area contributed by atoms with Gasteiger partial charge in [0.2, 0.25) is 0 Å². The Kier molecular flexibility index (Phi) is 3.45. The number of hydrogen-bond donors (Lipinski definition) is 1. The summed E-state index contributed by atoms with van der Waals surface area (Å²) in [5, 5.41) is 0.686. The molecule has 0 saturated carbocycles. The molecule has 2 nitrogen and oxygen atoms in total. The van der Waals surface area contributed by atoms with Gasteiger partial charge in [0.25, 0.3) is 0 Å². The Balaban J connectivity index is 2.15. The molecule has 0 spiro atoms. The molecule has 1 aliphatic heterocycles. The van der Waals surface area contributed by atoms with E-state index >= 15 is 0 Å². The van der Waals surface area contributed by atoms with Gasteiger partial charge in [-0.15, -0.1) is 0 Å². The van der Waals surface area contributed by atoms with Crippen LogP contribution in [0.3, 0.4) is 0 Å².